The highest BCUT2D eigenvalue weighted by Gasteiger charge is 2.01. The van der Waals surface area contributed by atoms with Gasteiger partial charge in [0.1, 0.15) is 6.54 Å². The van der Waals surface area contributed by atoms with Gasteiger partial charge in [-0.2, -0.15) is 0 Å². The minimum atomic E-state index is -0.967. The third-order valence-corrected chi connectivity index (χ3v) is 1.48. The fraction of sp³-hybridized carbons (Fsp3) is 0.250. The molecule has 0 saturated carbocycles. The van der Waals surface area contributed by atoms with E-state index in [-0.39, 0.29) is 17.7 Å². The Morgan fingerprint density at radius 1 is 1.69 bits per heavy atom. The number of hydrogen-bond donors (Lipinski definition) is 1. The zero-order chi connectivity index (χ0) is 9.84. The molecule has 0 bridgehead atoms. The summed E-state index contributed by atoms with van der Waals surface area (Å²) < 4.78 is 6.10. The number of nitrogens with zero attached hydrogens (tertiary/aromatic N) is 1. The first kappa shape index (κ1) is 9.31. The molecule has 0 unspecified atom stereocenters. The molecular weight excluding hydrogens is 174 g/mol. The van der Waals surface area contributed by atoms with E-state index in [9.17, 15) is 9.59 Å². The molecule has 1 aromatic rings. The Bertz CT molecular complexity index is 369. The Labute approximate surface area is 74.2 Å². The molecule has 1 rings (SSSR count). The molecule has 0 radical (unpaired) electrons. The largest absolute Gasteiger partial charge is 0.491 e. The van der Waals surface area contributed by atoms with Crippen molar-refractivity contribution in [2.45, 2.75) is 6.54 Å². The Morgan fingerprint density at radius 3 is 2.92 bits per heavy atom. The molecule has 5 nitrogen and oxygen atoms in total. The molecule has 0 saturated heterocycles. The smallest absolute Gasteiger partial charge is 0.323 e. The lowest BCUT2D eigenvalue weighted by molar-refractivity contribution is -0.137. The Kier molecular flexibility index (Phi) is 2.69. The maximum Gasteiger partial charge on any atom is 0.323 e. The quantitative estimate of drug-likeness (QED) is 0.712. The van der Waals surface area contributed by atoms with Crippen molar-refractivity contribution < 1.29 is 14.6 Å². The van der Waals surface area contributed by atoms with E-state index in [1.807, 2.05) is 0 Å². The monoisotopic (exact) mass is 183 g/mol. The summed E-state index contributed by atoms with van der Waals surface area (Å²) in [7, 11) is 1.36. The molecule has 0 spiro atoms. The molecule has 1 N–H and O–H groups in total. The fourth-order valence-electron chi connectivity index (χ4n) is 0.911. The predicted octanol–water partition coefficient (Wildman–Crippen LogP) is -0.0585. The first-order chi connectivity index (χ1) is 6.13. The number of carboxylic acid groups (broad SMARTS) is 1. The molecule has 0 aliphatic heterocycles. The second-order valence-corrected chi connectivity index (χ2v) is 2.44. The van der Waals surface area contributed by atoms with E-state index in [0.717, 1.165) is 0 Å². The van der Waals surface area contributed by atoms with Crippen LogP contribution in [-0.4, -0.2) is 22.8 Å². The van der Waals surface area contributed by atoms with E-state index in [1.165, 1.54) is 30.1 Å². The summed E-state index contributed by atoms with van der Waals surface area (Å²) in [5, 5.41) is 8.46. The molecule has 0 aromatic carbocycles. The molecule has 0 amide bonds. The van der Waals surface area contributed by atoms with Gasteiger partial charge in [0.05, 0.1) is 13.3 Å². The number of methoxy groups -OCH3 is 1. The third kappa shape index (κ3) is 2.33. The van der Waals surface area contributed by atoms with E-state index in [1.54, 1.807) is 0 Å². The fourth-order valence-corrected chi connectivity index (χ4v) is 0.911. The van der Waals surface area contributed by atoms with Crippen LogP contribution < -0.4 is 10.2 Å². The second kappa shape index (κ2) is 3.75. The van der Waals surface area contributed by atoms with Crippen LogP contribution in [0.2, 0.25) is 0 Å². The standard InChI is InChI=1S/C8H9NO4/c1-13-7-4-9(5-8(11)12)3-2-6(7)10/h2-4H,5H2,1H3,(H,11,12). The van der Waals surface area contributed by atoms with Gasteiger partial charge in [-0.3, -0.25) is 9.59 Å². The van der Waals surface area contributed by atoms with Crippen molar-refractivity contribution in [1.82, 2.24) is 4.57 Å². The van der Waals surface area contributed by atoms with Crippen molar-refractivity contribution in [3.05, 3.63) is 28.7 Å². The number of hydrogen-bond acceptors (Lipinski definition) is 3. The van der Waals surface area contributed by atoms with Crippen LogP contribution in [0, 0.1) is 0 Å². The summed E-state index contributed by atoms with van der Waals surface area (Å²) in [4.78, 5) is 21.3. The van der Waals surface area contributed by atoms with E-state index >= 15 is 0 Å². The minimum Gasteiger partial charge on any atom is -0.491 e. The number of carboxylic acids is 1. The van der Waals surface area contributed by atoms with Crippen LogP contribution >= 0.6 is 0 Å². The number of aromatic nitrogens is 1. The van der Waals surface area contributed by atoms with Crippen LogP contribution in [0.25, 0.3) is 0 Å². The molecule has 1 aromatic heterocycles. The molecular formula is C8H9NO4. The highest BCUT2D eigenvalue weighted by Crippen LogP contribution is 2.00. The van der Waals surface area contributed by atoms with Crippen molar-refractivity contribution in [3.63, 3.8) is 0 Å². The predicted molar refractivity (Wildman–Crippen MR) is 44.9 cm³/mol. The normalized spacial score (nSPS) is 9.62. The Hall–Kier alpha value is -1.78. The van der Waals surface area contributed by atoms with E-state index < -0.39 is 5.97 Å². The van der Waals surface area contributed by atoms with Gasteiger partial charge in [-0.05, 0) is 0 Å². The van der Waals surface area contributed by atoms with Gasteiger partial charge < -0.3 is 14.4 Å². The molecule has 0 aliphatic carbocycles. The number of carbonyl (C=O) groups is 1. The molecule has 0 atom stereocenters. The molecule has 0 fully saturated rings. The van der Waals surface area contributed by atoms with Crippen LogP contribution in [-0.2, 0) is 11.3 Å². The maximum atomic E-state index is 11.0. The summed E-state index contributed by atoms with van der Waals surface area (Å²) in [5.41, 5.74) is -0.260. The SMILES string of the molecule is COc1cn(CC(=O)O)ccc1=O. The molecule has 70 valence electrons. The van der Waals surface area contributed by atoms with Crippen molar-refractivity contribution in [2.24, 2.45) is 0 Å². The van der Waals surface area contributed by atoms with Gasteiger partial charge in [-0.1, -0.05) is 0 Å². The van der Waals surface area contributed by atoms with E-state index in [2.05, 4.69) is 0 Å². The minimum absolute atomic E-state index is 0.142. The first-order valence-electron chi connectivity index (χ1n) is 3.59. The lowest BCUT2D eigenvalue weighted by Crippen LogP contribution is -2.13. The molecule has 0 aliphatic rings. The van der Waals surface area contributed by atoms with Crippen molar-refractivity contribution in [1.29, 1.82) is 0 Å². The number of pyridine rings is 1. The van der Waals surface area contributed by atoms with Gasteiger partial charge in [0, 0.05) is 12.3 Å². The molecule has 13 heavy (non-hydrogen) atoms. The van der Waals surface area contributed by atoms with E-state index in [4.69, 9.17) is 9.84 Å². The Balaban J connectivity index is 2.99. The second-order valence-electron chi connectivity index (χ2n) is 2.44. The molecule has 5 heteroatoms. The maximum absolute atomic E-state index is 11.0. The summed E-state index contributed by atoms with van der Waals surface area (Å²) >= 11 is 0. The van der Waals surface area contributed by atoms with Gasteiger partial charge in [0.25, 0.3) is 0 Å². The lowest BCUT2D eigenvalue weighted by Gasteiger charge is -2.04. The summed E-state index contributed by atoms with van der Waals surface area (Å²) in [6.45, 7) is -0.184. The summed E-state index contributed by atoms with van der Waals surface area (Å²) in [6.07, 6.45) is 2.76. The van der Waals surface area contributed by atoms with Gasteiger partial charge in [-0.25, -0.2) is 0 Å². The van der Waals surface area contributed by atoms with Crippen molar-refractivity contribution in [2.75, 3.05) is 7.11 Å². The van der Waals surface area contributed by atoms with Gasteiger partial charge in [0.2, 0.25) is 5.43 Å². The third-order valence-electron chi connectivity index (χ3n) is 1.48. The van der Waals surface area contributed by atoms with Gasteiger partial charge in [-0.15, -0.1) is 0 Å². The number of aliphatic carboxylic acids is 1. The average Bonchev–Trinajstić information content (AvgIpc) is 2.07. The highest BCUT2D eigenvalue weighted by molar-refractivity contribution is 5.66. The van der Waals surface area contributed by atoms with Crippen molar-refractivity contribution in [3.8, 4) is 5.75 Å². The van der Waals surface area contributed by atoms with Gasteiger partial charge in [0.15, 0.2) is 5.75 Å². The zero-order valence-corrected chi connectivity index (χ0v) is 7.06. The van der Waals surface area contributed by atoms with Crippen LogP contribution in [0.4, 0.5) is 0 Å². The van der Waals surface area contributed by atoms with Crippen LogP contribution in [0.1, 0.15) is 0 Å². The number of rotatable bonds is 3. The van der Waals surface area contributed by atoms with Crippen LogP contribution in [0.15, 0.2) is 23.3 Å². The van der Waals surface area contributed by atoms with Crippen LogP contribution in [0.3, 0.4) is 0 Å². The molecule has 1 heterocycles. The highest BCUT2D eigenvalue weighted by atomic mass is 16.5. The number of ether oxygens (including phenoxy) is 1. The summed E-state index contributed by atoms with van der Waals surface area (Å²) in [6, 6.07) is 1.27. The topological polar surface area (TPSA) is 68.5 Å². The summed E-state index contributed by atoms with van der Waals surface area (Å²) in [5.74, 6) is -0.825. The Morgan fingerprint density at radius 2 is 2.38 bits per heavy atom. The zero-order valence-electron chi connectivity index (χ0n) is 7.06. The first-order valence-corrected chi connectivity index (χ1v) is 3.59. The van der Waals surface area contributed by atoms with E-state index in [0.29, 0.717) is 0 Å². The van der Waals surface area contributed by atoms with Gasteiger partial charge >= 0.3 is 5.97 Å². The average molecular weight is 183 g/mol. The van der Waals surface area contributed by atoms with Crippen molar-refractivity contribution >= 4 is 5.97 Å². The van der Waals surface area contributed by atoms with Crippen LogP contribution in [0.5, 0.6) is 5.75 Å². The lowest BCUT2D eigenvalue weighted by atomic mass is 10.4.